The summed E-state index contributed by atoms with van der Waals surface area (Å²) in [7, 11) is 2.12. The maximum atomic E-state index is 13.0. The number of amides is 1. The zero-order chi connectivity index (χ0) is 34.8. The second-order valence-electron chi connectivity index (χ2n) is 13.9. The molecule has 0 spiro atoms. The fourth-order valence-corrected chi connectivity index (χ4v) is 8.92. The lowest BCUT2D eigenvalue weighted by Crippen LogP contribution is -2.48. The number of aryl methyl sites for hydroxylation is 1. The van der Waals surface area contributed by atoms with Gasteiger partial charge in [-0.15, -0.1) is 11.3 Å². The first-order chi connectivity index (χ1) is 24.2. The Labute approximate surface area is 296 Å². The van der Waals surface area contributed by atoms with E-state index in [1.54, 1.807) is 6.08 Å². The molecule has 0 saturated carbocycles. The van der Waals surface area contributed by atoms with Gasteiger partial charge in [0.2, 0.25) is 17.6 Å². The standard InChI is InChI=1S/C35H46N10O4S/c1-23(26-7-5-11-42(26)3)48-34-38-25(32-40-33(49-41-32)35(2)10-4-8-27-30(35)24(22-36)31(37)50-27)21-28(39-34)44-13-15-45(16-14-44)29(46)9-6-12-43-17-19-47-20-18-43/h6,9,21,23,26H,4-5,7-8,10-20,37H2,1-3H3/b9-6+/t23-,26-,35-/m0/s1. The first-order valence-corrected chi connectivity index (χ1v) is 18.5. The average Bonchev–Trinajstić information content (AvgIpc) is 3.88. The van der Waals surface area contributed by atoms with Crippen LogP contribution in [0.2, 0.25) is 0 Å². The number of thiophene rings is 1. The number of hydrogen-bond donors (Lipinski definition) is 1. The van der Waals surface area contributed by atoms with Gasteiger partial charge in [0.1, 0.15) is 28.7 Å². The van der Waals surface area contributed by atoms with Crippen LogP contribution in [0.1, 0.15) is 61.4 Å². The predicted molar refractivity (Wildman–Crippen MR) is 189 cm³/mol. The number of fused-ring (bicyclic) bond motifs is 1. The first kappa shape index (κ1) is 34.4. The Hall–Kier alpha value is -4.10. The molecule has 50 heavy (non-hydrogen) atoms. The second-order valence-corrected chi connectivity index (χ2v) is 15.0. The number of likely N-dealkylation sites (tertiary alicyclic amines) is 1. The van der Waals surface area contributed by atoms with Crippen molar-refractivity contribution in [1.29, 1.82) is 5.26 Å². The van der Waals surface area contributed by atoms with Crippen molar-refractivity contribution < 1.29 is 18.8 Å². The van der Waals surface area contributed by atoms with Crippen LogP contribution in [0.5, 0.6) is 6.01 Å². The van der Waals surface area contributed by atoms with E-state index in [2.05, 4.69) is 39.9 Å². The number of morpholine rings is 1. The van der Waals surface area contributed by atoms with E-state index in [0.29, 0.717) is 60.0 Å². The zero-order valence-corrected chi connectivity index (χ0v) is 30.0. The number of anilines is 2. The smallest absolute Gasteiger partial charge is 0.319 e. The van der Waals surface area contributed by atoms with Gasteiger partial charge in [-0.3, -0.25) is 14.6 Å². The second kappa shape index (κ2) is 14.6. The van der Waals surface area contributed by atoms with Crippen molar-refractivity contribution in [2.45, 2.75) is 63.5 Å². The molecule has 1 aliphatic carbocycles. The molecule has 2 N–H and O–H groups in total. The molecule has 1 amide bonds. The van der Waals surface area contributed by atoms with Gasteiger partial charge in [-0.2, -0.15) is 20.2 Å². The zero-order valence-electron chi connectivity index (χ0n) is 29.1. The van der Waals surface area contributed by atoms with Crippen molar-refractivity contribution in [2.24, 2.45) is 0 Å². The van der Waals surface area contributed by atoms with Crippen LogP contribution in [0.3, 0.4) is 0 Å². The number of nitrogens with zero attached hydrogens (tertiary/aromatic N) is 9. The number of ether oxygens (including phenoxy) is 2. The molecule has 3 aromatic heterocycles. The van der Waals surface area contributed by atoms with Crippen LogP contribution >= 0.6 is 11.3 Å². The third-order valence-electron chi connectivity index (χ3n) is 10.6. The number of nitrogen functional groups attached to an aromatic ring is 1. The molecule has 0 radical (unpaired) electrons. The normalized spacial score (nSPS) is 24.0. The van der Waals surface area contributed by atoms with Crippen LogP contribution in [0.4, 0.5) is 10.8 Å². The van der Waals surface area contributed by atoms with E-state index in [-0.39, 0.29) is 24.1 Å². The minimum atomic E-state index is -0.645. The Bertz CT molecular complexity index is 1760. The summed E-state index contributed by atoms with van der Waals surface area (Å²) < 4.78 is 17.8. The molecular weight excluding hydrogens is 657 g/mol. The molecule has 0 bridgehead atoms. The third kappa shape index (κ3) is 6.94. The lowest BCUT2D eigenvalue weighted by Gasteiger charge is -2.35. The van der Waals surface area contributed by atoms with Crippen LogP contribution < -0.4 is 15.4 Å². The van der Waals surface area contributed by atoms with Gasteiger partial charge in [0, 0.05) is 74.4 Å². The van der Waals surface area contributed by atoms with Gasteiger partial charge in [0.15, 0.2) is 0 Å². The van der Waals surface area contributed by atoms with E-state index < -0.39 is 5.41 Å². The van der Waals surface area contributed by atoms with Crippen LogP contribution in [0.25, 0.3) is 11.5 Å². The van der Waals surface area contributed by atoms with Gasteiger partial charge in [-0.05, 0) is 59.5 Å². The van der Waals surface area contributed by atoms with Crippen LogP contribution in [-0.2, 0) is 21.4 Å². The third-order valence-corrected chi connectivity index (χ3v) is 11.7. The van der Waals surface area contributed by atoms with E-state index in [4.69, 9.17) is 34.7 Å². The van der Waals surface area contributed by atoms with E-state index in [1.807, 2.05) is 24.0 Å². The number of carbonyl (C=O) groups excluding carboxylic acids is 1. The summed E-state index contributed by atoms with van der Waals surface area (Å²) in [6.07, 6.45) is 8.24. The van der Waals surface area contributed by atoms with E-state index in [0.717, 1.165) is 81.9 Å². The van der Waals surface area contributed by atoms with Crippen LogP contribution in [0, 0.1) is 11.3 Å². The highest BCUT2D eigenvalue weighted by Crippen LogP contribution is 2.48. The molecule has 0 unspecified atom stereocenters. The van der Waals surface area contributed by atoms with Crippen molar-refractivity contribution in [3.8, 4) is 23.6 Å². The summed E-state index contributed by atoms with van der Waals surface area (Å²) >= 11 is 1.47. The molecule has 3 fully saturated rings. The summed E-state index contributed by atoms with van der Waals surface area (Å²) in [5.74, 6) is 1.46. The Morgan fingerprint density at radius 2 is 1.98 bits per heavy atom. The lowest BCUT2D eigenvalue weighted by molar-refractivity contribution is -0.126. The lowest BCUT2D eigenvalue weighted by atomic mass is 9.72. The maximum Gasteiger partial charge on any atom is 0.319 e. The van der Waals surface area contributed by atoms with Crippen molar-refractivity contribution in [3.05, 3.63) is 40.1 Å². The van der Waals surface area contributed by atoms with Gasteiger partial charge < -0.3 is 29.5 Å². The molecule has 3 saturated heterocycles. The van der Waals surface area contributed by atoms with Crippen LogP contribution in [0.15, 0.2) is 22.7 Å². The molecule has 3 aliphatic heterocycles. The monoisotopic (exact) mass is 702 g/mol. The van der Waals surface area contributed by atoms with Gasteiger partial charge in [0.25, 0.3) is 0 Å². The fraction of sp³-hybridized carbons (Fsp3) is 0.600. The fourth-order valence-electron chi connectivity index (χ4n) is 7.72. The van der Waals surface area contributed by atoms with E-state index in [1.165, 1.54) is 11.3 Å². The number of carbonyl (C=O) groups is 1. The minimum absolute atomic E-state index is 0.0189. The largest absolute Gasteiger partial charge is 0.459 e. The number of nitriles is 1. The topological polar surface area (TPSA) is 163 Å². The molecule has 6 heterocycles. The van der Waals surface area contributed by atoms with Crippen molar-refractivity contribution in [1.82, 2.24) is 34.8 Å². The SMILES string of the molecule is C[C@H](Oc1nc(-c2noc([C@@]3(C)CCCc4sc(N)c(C#N)c43)n2)cc(N2CCN(C(=O)/C=C/CN3CCOCC3)CC2)n1)[C@@H]1CCCN1C. The molecule has 14 nitrogen and oxygen atoms in total. The maximum absolute atomic E-state index is 13.0. The summed E-state index contributed by atoms with van der Waals surface area (Å²) in [6.45, 7) is 11.5. The minimum Gasteiger partial charge on any atom is -0.459 e. The Morgan fingerprint density at radius 1 is 1.18 bits per heavy atom. The van der Waals surface area contributed by atoms with Gasteiger partial charge in [-0.25, -0.2) is 0 Å². The summed E-state index contributed by atoms with van der Waals surface area (Å²) in [5.41, 5.74) is 7.50. The molecule has 7 rings (SSSR count). The highest BCUT2D eigenvalue weighted by Gasteiger charge is 2.43. The van der Waals surface area contributed by atoms with Gasteiger partial charge in [-0.1, -0.05) is 11.2 Å². The van der Waals surface area contributed by atoms with Gasteiger partial charge >= 0.3 is 6.01 Å². The Balaban J connectivity index is 1.12. The van der Waals surface area contributed by atoms with Crippen molar-refractivity contribution >= 4 is 28.1 Å². The summed E-state index contributed by atoms with van der Waals surface area (Å²) in [6, 6.07) is 4.70. The highest BCUT2D eigenvalue weighted by atomic mass is 32.1. The predicted octanol–water partition coefficient (Wildman–Crippen LogP) is 3.08. The number of likely N-dealkylation sites (N-methyl/N-ethyl adjacent to an activating group) is 1. The Kier molecular flexibility index (Phi) is 10.1. The first-order valence-electron chi connectivity index (χ1n) is 17.7. The quantitative estimate of drug-likeness (QED) is 0.324. The van der Waals surface area contributed by atoms with E-state index in [9.17, 15) is 10.1 Å². The molecule has 266 valence electrons. The molecule has 4 aliphatic rings. The summed E-state index contributed by atoms with van der Waals surface area (Å²) in [4.78, 5) is 37.3. The highest BCUT2D eigenvalue weighted by molar-refractivity contribution is 7.16. The van der Waals surface area contributed by atoms with Crippen LogP contribution in [-0.4, -0.2) is 125 Å². The Morgan fingerprint density at radius 3 is 2.72 bits per heavy atom. The number of nitrogens with two attached hydrogens (primary N) is 1. The number of hydrogen-bond acceptors (Lipinski definition) is 14. The average molecular weight is 703 g/mol. The number of rotatable bonds is 9. The van der Waals surface area contributed by atoms with Crippen molar-refractivity contribution in [3.63, 3.8) is 0 Å². The molecule has 3 aromatic rings. The number of aromatic nitrogens is 4. The van der Waals surface area contributed by atoms with E-state index >= 15 is 0 Å². The molecule has 3 atom stereocenters. The molecule has 15 heteroatoms. The van der Waals surface area contributed by atoms with Crippen molar-refractivity contribution in [2.75, 3.05) is 83.3 Å². The van der Waals surface area contributed by atoms with Gasteiger partial charge in [0.05, 0.1) is 24.2 Å². The number of piperazine rings is 1. The molecular formula is C35H46N10O4S. The molecule has 0 aromatic carbocycles. The summed E-state index contributed by atoms with van der Waals surface area (Å²) in [5, 5.41) is 14.9.